The van der Waals surface area contributed by atoms with Crippen LogP contribution in [0.1, 0.15) is 0 Å². The summed E-state index contributed by atoms with van der Waals surface area (Å²) in [5, 5.41) is 7.31. The van der Waals surface area contributed by atoms with E-state index in [-0.39, 0.29) is 22.0 Å². The number of rotatable bonds is 0. The maximum Gasteiger partial charge on any atom is 0.303 e. The van der Waals surface area contributed by atoms with Crippen molar-refractivity contribution in [3.8, 4) is 0 Å². The van der Waals surface area contributed by atoms with Crippen molar-refractivity contribution >= 4 is 5.97 Å². The van der Waals surface area contributed by atoms with Gasteiger partial charge in [0.25, 0.3) is 0 Å². The Morgan fingerprint density at radius 3 is 1.67 bits per heavy atom. The molecule has 0 amide bonds. The SMILES string of the molecule is O.[CH2]C(=O)O.[Ni]. The van der Waals surface area contributed by atoms with Crippen molar-refractivity contribution in [1.82, 2.24) is 0 Å². The third-order valence-electron chi connectivity index (χ3n) is 0. The first-order valence-electron chi connectivity index (χ1n) is 0.781. The zero-order valence-electron chi connectivity index (χ0n) is 2.88. The molecule has 0 atom stereocenters. The summed E-state index contributed by atoms with van der Waals surface area (Å²) in [5.74, 6) is -1.08. The van der Waals surface area contributed by atoms with Crippen molar-refractivity contribution in [3.05, 3.63) is 6.92 Å². The topological polar surface area (TPSA) is 68.8 Å². The molecule has 0 unspecified atom stereocenters. The van der Waals surface area contributed by atoms with Crippen LogP contribution >= 0.6 is 0 Å². The van der Waals surface area contributed by atoms with Crippen LogP contribution in [0.15, 0.2) is 0 Å². The van der Waals surface area contributed by atoms with E-state index < -0.39 is 5.97 Å². The van der Waals surface area contributed by atoms with Gasteiger partial charge in [-0.05, 0) is 0 Å². The van der Waals surface area contributed by atoms with E-state index in [1.807, 2.05) is 0 Å². The Morgan fingerprint density at radius 2 is 1.67 bits per heavy atom. The number of hydrogen-bond acceptors (Lipinski definition) is 1. The van der Waals surface area contributed by atoms with Crippen molar-refractivity contribution in [1.29, 1.82) is 0 Å². The maximum atomic E-state index is 8.89. The second-order valence-corrected chi connectivity index (χ2v) is 0.394. The number of carboxylic acids is 1. The molecule has 4 heteroatoms. The van der Waals surface area contributed by atoms with Gasteiger partial charge in [-0.3, -0.25) is 4.79 Å². The van der Waals surface area contributed by atoms with Crippen LogP contribution < -0.4 is 0 Å². The van der Waals surface area contributed by atoms with E-state index in [9.17, 15) is 0 Å². The van der Waals surface area contributed by atoms with Crippen LogP contribution in [0.3, 0.4) is 0 Å². The fourth-order valence-electron chi connectivity index (χ4n) is 0. The summed E-state index contributed by atoms with van der Waals surface area (Å²) in [6.07, 6.45) is 0. The monoisotopic (exact) mass is 135 g/mol. The summed E-state index contributed by atoms with van der Waals surface area (Å²) in [5.41, 5.74) is 0. The molecular formula is C2H5NiO3. The molecule has 0 aliphatic rings. The van der Waals surface area contributed by atoms with Crippen molar-refractivity contribution in [3.63, 3.8) is 0 Å². The third-order valence-corrected chi connectivity index (χ3v) is 0. The van der Waals surface area contributed by atoms with E-state index in [0.717, 1.165) is 0 Å². The largest absolute Gasteiger partial charge is 0.481 e. The molecule has 0 rings (SSSR count). The minimum atomic E-state index is -1.08. The summed E-state index contributed by atoms with van der Waals surface area (Å²) >= 11 is 0. The molecule has 0 aromatic rings. The van der Waals surface area contributed by atoms with Gasteiger partial charge in [0.1, 0.15) is 0 Å². The first kappa shape index (κ1) is 16.8. The zero-order valence-corrected chi connectivity index (χ0v) is 3.87. The van der Waals surface area contributed by atoms with E-state index >= 15 is 0 Å². The molecule has 0 aromatic carbocycles. The zero-order chi connectivity index (χ0) is 3.58. The molecule has 3 nitrogen and oxygen atoms in total. The van der Waals surface area contributed by atoms with Gasteiger partial charge in [0, 0.05) is 16.5 Å². The van der Waals surface area contributed by atoms with Crippen molar-refractivity contribution in [2.75, 3.05) is 0 Å². The van der Waals surface area contributed by atoms with Crippen molar-refractivity contribution < 1.29 is 31.9 Å². The van der Waals surface area contributed by atoms with Gasteiger partial charge in [0.2, 0.25) is 0 Å². The van der Waals surface area contributed by atoms with Crippen LogP contribution in [0.25, 0.3) is 0 Å². The average molecular weight is 136 g/mol. The molecule has 41 valence electrons. The van der Waals surface area contributed by atoms with E-state index in [2.05, 4.69) is 6.92 Å². The summed E-state index contributed by atoms with van der Waals surface area (Å²) in [6.45, 7) is 2.56. The van der Waals surface area contributed by atoms with E-state index in [1.54, 1.807) is 0 Å². The fraction of sp³-hybridized carbons (Fsp3) is 0. The normalized spacial score (nSPS) is 4.17. The van der Waals surface area contributed by atoms with Crippen molar-refractivity contribution in [2.45, 2.75) is 0 Å². The summed E-state index contributed by atoms with van der Waals surface area (Å²) in [4.78, 5) is 8.89. The second kappa shape index (κ2) is 8.87. The van der Waals surface area contributed by atoms with Crippen LogP contribution in [-0.2, 0) is 21.3 Å². The molecule has 3 N–H and O–H groups in total. The Labute approximate surface area is 45.6 Å². The Bertz CT molecular complexity index is 31.8. The molecule has 0 saturated carbocycles. The molecule has 0 heterocycles. The van der Waals surface area contributed by atoms with Gasteiger partial charge in [-0.15, -0.1) is 0 Å². The van der Waals surface area contributed by atoms with E-state index in [4.69, 9.17) is 9.90 Å². The quantitative estimate of drug-likeness (QED) is 0.437. The summed E-state index contributed by atoms with van der Waals surface area (Å²) in [6, 6.07) is 0. The predicted molar refractivity (Wildman–Crippen MR) is 16.6 cm³/mol. The second-order valence-electron chi connectivity index (χ2n) is 0.394. The molecule has 0 aromatic heterocycles. The Balaban J connectivity index is -0.0000000450. The van der Waals surface area contributed by atoms with Crippen LogP contribution in [0.4, 0.5) is 0 Å². The van der Waals surface area contributed by atoms with Crippen LogP contribution in [0, 0.1) is 6.92 Å². The van der Waals surface area contributed by atoms with Gasteiger partial charge in [0.05, 0.1) is 6.92 Å². The van der Waals surface area contributed by atoms with Gasteiger partial charge in [0.15, 0.2) is 0 Å². The van der Waals surface area contributed by atoms with Crippen molar-refractivity contribution in [2.24, 2.45) is 0 Å². The van der Waals surface area contributed by atoms with Gasteiger partial charge < -0.3 is 10.6 Å². The molecular weight excluding hydrogens is 131 g/mol. The molecule has 0 spiro atoms. The van der Waals surface area contributed by atoms with Crippen LogP contribution in [-0.4, -0.2) is 16.6 Å². The first-order chi connectivity index (χ1) is 1.73. The molecule has 0 fully saturated rings. The number of carbonyl (C=O) groups is 1. The maximum absolute atomic E-state index is 8.89. The van der Waals surface area contributed by atoms with Gasteiger partial charge >= 0.3 is 5.97 Å². The van der Waals surface area contributed by atoms with E-state index in [1.165, 1.54) is 0 Å². The minimum absolute atomic E-state index is 0. The fourth-order valence-corrected chi connectivity index (χ4v) is 0. The number of hydrogen-bond donors (Lipinski definition) is 1. The van der Waals surface area contributed by atoms with Gasteiger partial charge in [-0.2, -0.15) is 0 Å². The first-order valence-corrected chi connectivity index (χ1v) is 0.781. The van der Waals surface area contributed by atoms with Gasteiger partial charge in [-0.25, -0.2) is 0 Å². The number of aliphatic carboxylic acids is 1. The molecule has 0 bridgehead atoms. The Kier molecular flexibility index (Phi) is 24.8. The van der Waals surface area contributed by atoms with Gasteiger partial charge in [-0.1, -0.05) is 0 Å². The smallest absolute Gasteiger partial charge is 0.303 e. The Hall–Kier alpha value is -0.0765. The summed E-state index contributed by atoms with van der Waals surface area (Å²) in [7, 11) is 0. The molecule has 0 saturated heterocycles. The van der Waals surface area contributed by atoms with Crippen LogP contribution in [0.2, 0.25) is 0 Å². The van der Waals surface area contributed by atoms with E-state index in [0.29, 0.717) is 0 Å². The number of carboxylic acid groups (broad SMARTS) is 1. The third kappa shape index (κ3) is 5730. The van der Waals surface area contributed by atoms with Crippen LogP contribution in [0.5, 0.6) is 0 Å². The minimum Gasteiger partial charge on any atom is -0.481 e. The summed E-state index contributed by atoms with van der Waals surface area (Å²) < 4.78 is 0. The standard InChI is InChI=1S/C2H3O2.Ni.H2O/c1-2(3)4;;/h1H2,(H,3,4);;1H2. The molecule has 1 radical (unpaired) electrons. The Morgan fingerprint density at radius 1 is 1.67 bits per heavy atom. The predicted octanol–water partition coefficient (Wildman–Crippen LogP) is -0.922. The molecule has 0 aliphatic heterocycles. The molecule has 0 aliphatic carbocycles. The molecule has 6 heavy (non-hydrogen) atoms. The average Bonchev–Trinajstić information content (AvgIpc) is 0.811.